The first-order valence-corrected chi connectivity index (χ1v) is 11.6. The van der Waals surface area contributed by atoms with E-state index < -0.39 is 0 Å². The summed E-state index contributed by atoms with van der Waals surface area (Å²) in [4.78, 5) is 0. The predicted molar refractivity (Wildman–Crippen MR) is 119 cm³/mol. The van der Waals surface area contributed by atoms with Crippen LogP contribution in [0.25, 0.3) is 27.6 Å². The fourth-order valence-electron chi connectivity index (χ4n) is 4.19. The van der Waals surface area contributed by atoms with E-state index in [2.05, 4.69) is 77.2 Å². The summed E-state index contributed by atoms with van der Waals surface area (Å²) in [5.74, 6) is 0.899. The molecule has 0 N–H and O–H groups in total. The molecule has 7 radical (unpaired) electrons. The Morgan fingerprint density at radius 2 is 1.83 bits per heavy atom. The maximum Gasteiger partial charge on any atom is 0.409 e. The molecule has 29 heavy (non-hydrogen) atoms. The van der Waals surface area contributed by atoms with E-state index in [1.165, 1.54) is 43.8 Å². The van der Waals surface area contributed by atoms with Gasteiger partial charge in [0.15, 0.2) is 0 Å². The van der Waals surface area contributed by atoms with Crippen LogP contribution in [0.15, 0.2) is 77.6 Å². The minimum Gasteiger partial charge on any atom is -0.497 e. The number of benzene rings is 3. The second-order valence-electron chi connectivity index (χ2n) is 7.16. The van der Waals surface area contributed by atoms with Crippen LogP contribution in [0.2, 0.25) is 5.54 Å². The molecular weight excluding hydrogens is 409 g/mol. The van der Waals surface area contributed by atoms with Gasteiger partial charge in [0.05, 0.1) is 7.11 Å². The predicted octanol–water partition coefficient (Wildman–Crippen LogP) is 4.46. The van der Waals surface area contributed by atoms with E-state index in [4.69, 9.17) is 13.0 Å². The molecule has 0 spiro atoms. The lowest BCUT2D eigenvalue weighted by Crippen LogP contribution is -2.19. The van der Waals surface area contributed by atoms with Gasteiger partial charge in [0.2, 0.25) is 20.2 Å². The van der Waals surface area contributed by atoms with Gasteiger partial charge in [0.1, 0.15) is 5.76 Å². The van der Waals surface area contributed by atoms with E-state index in [0.717, 1.165) is 12.2 Å². The Balaban J connectivity index is 1.64. The number of hydrogen-bond acceptors (Lipinski definition) is 3. The lowest BCUT2D eigenvalue weighted by molar-refractivity contribution is 0.303. The molecule has 1 atom stereocenters. The molecule has 0 aromatic heterocycles. The molecule has 3 aromatic rings. The van der Waals surface area contributed by atoms with Crippen molar-refractivity contribution in [3.8, 4) is 0 Å². The molecular formula is C23H17O3Si3. The Morgan fingerprint density at radius 1 is 1.00 bits per heavy atom. The van der Waals surface area contributed by atoms with Gasteiger partial charge < -0.3 is 13.0 Å². The number of fused-ring (bicyclic) bond motifs is 5. The van der Waals surface area contributed by atoms with Crippen molar-refractivity contribution in [2.75, 3.05) is 7.11 Å². The highest BCUT2D eigenvalue weighted by atomic mass is 28.3. The van der Waals surface area contributed by atoms with Gasteiger partial charge in [-0.2, -0.15) is 0 Å². The van der Waals surface area contributed by atoms with E-state index in [-0.39, 0.29) is 25.3 Å². The fraction of sp³-hybridized carbons (Fsp3) is 0.130. The van der Waals surface area contributed by atoms with Crippen LogP contribution in [-0.2, 0) is 19.4 Å². The first-order chi connectivity index (χ1) is 14.3. The Hall–Kier alpha value is -2.23. The monoisotopic (exact) mass is 425 g/mol. The zero-order valence-corrected chi connectivity index (χ0v) is 18.9. The Kier molecular flexibility index (Phi) is 5.11. The van der Waals surface area contributed by atoms with Crippen LogP contribution in [0.1, 0.15) is 11.1 Å². The third-order valence-electron chi connectivity index (χ3n) is 5.56. The van der Waals surface area contributed by atoms with Gasteiger partial charge in [0.25, 0.3) is 0 Å². The summed E-state index contributed by atoms with van der Waals surface area (Å²) < 4.78 is 16.2. The van der Waals surface area contributed by atoms with Crippen LogP contribution < -0.4 is 0 Å². The minimum absolute atomic E-state index is 0.0202. The van der Waals surface area contributed by atoms with Crippen LogP contribution in [0.4, 0.5) is 0 Å². The van der Waals surface area contributed by atoms with Gasteiger partial charge in [-0.3, -0.25) is 0 Å². The summed E-state index contributed by atoms with van der Waals surface area (Å²) in [6, 6.07) is 17.7. The van der Waals surface area contributed by atoms with E-state index in [9.17, 15) is 0 Å². The van der Waals surface area contributed by atoms with Gasteiger partial charge in [0, 0.05) is 5.54 Å². The Labute approximate surface area is 178 Å². The third-order valence-corrected chi connectivity index (χ3v) is 7.43. The number of ether oxygens (including phenoxy) is 1. The lowest BCUT2D eigenvalue weighted by atomic mass is 9.81. The molecule has 2 aliphatic rings. The van der Waals surface area contributed by atoms with Gasteiger partial charge in [-0.25, -0.2) is 0 Å². The molecule has 2 aliphatic carbocycles. The standard InChI is InChI=1S/C23H17O3Si3/c1-24-19-10-18-9-17-7-6-16-8-14-4-2-3-5-15(14)11-20(16)21(17)13-22(18)23(12-19)28-26-29-25-27/h2-8,10-13,23H,9H2,1H3. The molecule has 0 saturated carbocycles. The van der Waals surface area contributed by atoms with E-state index in [1.807, 2.05) is 0 Å². The third kappa shape index (κ3) is 3.47. The van der Waals surface area contributed by atoms with Crippen molar-refractivity contribution in [3.63, 3.8) is 0 Å². The summed E-state index contributed by atoms with van der Waals surface area (Å²) in [5, 5.41) is 5.13. The highest BCUT2D eigenvalue weighted by Gasteiger charge is 2.27. The second-order valence-corrected chi connectivity index (χ2v) is 9.82. The average Bonchev–Trinajstić information content (AvgIpc) is 2.76. The molecule has 3 nitrogen and oxygen atoms in total. The average molecular weight is 426 g/mol. The maximum absolute atomic E-state index is 5.71. The van der Waals surface area contributed by atoms with Crippen LogP contribution in [0, 0.1) is 0 Å². The van der Waals surface area contributed by atoms with Crippen LogP contribution in [-0.4, -0.2) is 37.4 Å². The minimum atomic E-state index is -0.0202. The van der Waals surface area contributed by atoms with Crippen molar-refractivity contribution in [2.24, 2.45) is 0 Å². The maximum atomic E-state index is 5.71. The smallest absolute Gasteiger partial charge is 0.409 e. The summed E-state index contributed by atoms with van der Waals surface area (Å²) in [6.07, 6.45) is 7.56. The molecule has 5 rings (SSSR count). The molecule has 139 valence electrons. The van der Waals surface area contributed by atoms with Crippen molar-refractivity contribution in [3.05, 3.63) is 88.7 Å². The van der Waals surface area contributed by atoms with Gasteiger partial charge in [-0.1, -0.05) is 42.5 Å². The largest absolute Gasteiger partial charge is 0.497 e. The van der Waals surface area contributed by atoms with E-state index in [1.54, 1.807) is 7.11 Å². The molecule has 0 bridgehead atoms. The van der Waals surface area contributed by atoms with Crippen molar-refractivity contribution >= 4 is 57.9 Å². The quantitative estimate of drug-likeness (QED) is 0.343. The molecule has 0 fully saturated rings. The van der Waals surface area contributed by atoms with E-state index >= 15 is 0 Å². The molecule has 0 heterocycles. The van der Waals surface area contributed by atoms with E-state index in [0.29, 0.717) is 0 Å². The summed E-state index contributed by atoms with van der Waals surface area (Å²) in [7, 11) is 4.99. The molecule has 0 amide bonds. The zero-order valence-electron chi connectivity index (χ0n) is 15.9. The van der Waals surface area contributed by atoms with Gasteiger partial charge in [-0.05, 0) is 74.5 Å². The Morgan fingerprint density at radius 3 is 2.62 bits per heavy atom. The van der Waals surface area contributed by atoms with Gasteiger partial charge in [-0.15, -0.1) is 0 Å². The van der Waals surface area contributed by atoms with Gasteiger partial charge >= 0.3 is 10.0 Å². The number of allylic oxidation sites excluding steroid dienone is 4. The van der Waals surface area contributed by atoms with Crippen LogP contribution in [0.5, 0.6) is 0 Å². The topological polar surface area (TPSA) is 27.7 Å². The van der Waals surface area contributed by atoms with Crippen molar-refractivity contribution in [1.29, 1.82) is 0 Å². The van der Waals surface area contributed by atoms with Crippen LogP contribution >= 0.6 is 0 Å². The highest BCUT2D eigenvalue weighted by Crippen LogP contribution is 2.42. The number of hydrogen-bond donors (Lipinski definition) is 0. The normalized spacial score (nSPS) is 18.0. The van der Waals surface area contributed by atoms with Crippen LogP contribution in [0.3, 0.4) is 0 Å². The summed E-state index contributed by atoms with van der Waals surface area (Å²) in [5.41, 5.74) is 5.47. The van der Waals surface area contributed by atoms with Crippen molar-refractivity contribution in [2.45, 2.75) is 12.0 Å². The molecule has 0 aliphatic heterocycles. The molecule has 3 aromatic carbocycles. The second kappa shape index (κ2) is 7.89. The lowest BCUT2D eigenvalue weighted by Gasteiger charge is -2.29. The molecule has 1 unspecified atom stereocenters. The number of methoxy groups -OCH3 is 1. The SMILES string of the molecule is COC1=CC([Si]O[Si]O[Si])C2=Cc3c(ccc4cc5ccccc5cc34)CC2=C1. The Bertz CT molecular complexity index is 1200. The van der Waals surface area contributed by atoms with Crippen molar-refractivity contribution < 1.29 is 13.0 Å². The molecule has 6 heteroatoms. The summed E-state index contributed by atoms with van der Waals surface area (Å²) in [6.45, 7) is 0. The van der Waals surface area contributed by atoms with Crippen molar-refractivity contribution in [1.82, 2.24) is 0 Å². The molecule has 0 saturated heterocycles. The fourth-order valence-corrected chi connectivity index (χ4v) is 6.06. The number of rotatable bonds is 5. The summed E-state index contributed by atoms with van der Waals surface area (Å²) >= 11 is 0. The highest BCUT2D eigenvalue weighted by molar-refractivity contribution is 6.44. The first-order valence-electron chi connectivity index (χ1n) is 9.38. The first kappa shape index (κ1) is 18.8. The zero-order chi connectivity index (χ0) is 19.8.